The van der Waals surface area contributed by atoms with Crippen molar-refractivity contribution in [2.45, 2.75) is 4.34 Å². The van der Waals surface area contributed by atoms with Crippen molar-refractivity contribution in [3.63, 3.8) is 0 Å². The predicted octanol–water partition coefficient (Wildman–Crippen LogP) is 4.87. The second kappa shape index (κ2) is 5.61. The van der Waals surface area contributed by atoms with Gasteiger partial charge in [0.15, 0.2) is 4.34 Å². The molecule has 0 saturated carbocycles. The second-order valence-corrected chi connectivity index (χ2v) is 6.41. The molecule has 0 fully saturated rings. The molecule has 0 aliphatic heterocycles. The van der Waals surface area contributed by atoms with Crippen molar-refractivity contribution in [3.8, 4) is 0 Å². The fraction of sp³-hybridized carbons (Fsp3) is 0. The van der Waals surface area contributed by atoms with E-state index in [1.165, 1.54) is 11.8 Å². The lowest BCUT2D eigenvalue weighted by molar-refractivity contribution is 0.108. The third kappa shape index (κ3) is 2.66. The average molecular weight is 297 g/mol. The molecule has 2 aromatic carbocycles. The standard InChI is InChI=1S/C16H11NOS2/c1-2-11-7-9-12(10-8-11)15(18)20-16-17-13-5-3-4-6-14(13)19-16/h2-10H,1H2. The van der Waals surface area contributed by atoms with Crippen molar-refractivity contribution in [2.24, 2.45) is 0 Å². The number of thiazole rings is 1. The Morgan fingerprint density at radius 1 is 1.15 bits per heavy atom. The fourth-order valence-electron chi connectivity index (χ4n) is 1.79. The van der Waals surface area contributed by atoms with Crippen molar-refractivity contribution in [1.29, 1.82) is 0 Å². The number of aromatic nitrogens is 1. The van der Waals surface area contributed by atoms with Gasteiger partial charge in [-0.25, -0.2) is 4.98 Å². The number of hydrogen-bond donors (Lipinski definition) is 0. The highest BCUT2D eigenvalue weighted by Crippen LogP contribution is 2.31. The van der Waals surface area contributed by atoms with Crippen LogP contribution in [0, 0.1) is 0 Å². The van der Waals surface area contributed by atoms with E-state index < -0.39 is 0 Å². The Kier molecular flexibility index (Phi) is 3.67. The molecular formula is C16H11NOS2. The Bertz CT molecular complexity index is 742. The molecule has 2 nitrogen and oxygen atoms in total. The molecule has 0 aliphatic rings. The zero-order valence-corrected chi connectivity index (χ0v) is 12.2. The minimum absolute atomic E-state index is 0.0136. The molecule has 98 valence electrons. The second-order valence-electron chi connectivity index (χ2n) is 4.16. The highest BCUT2D eigenvalue weighted by Gasteiger charge is 2.11. The molecule has 0 bridgehead atoms. The third-order valence-electron chi connectivity index (χ3n) is 2.84. The fourth-order valence-corrected chi connectivity index (χ4v) is 3.70. The van der Waals surface area contributed by atoms with E-state index in [9.17, 15) is 4.79 Å². The topological polar surface area (TPSA) is 30.0 Å². The van der Waals surface area contributed by atoms with Gasteiger partial charge in [-0.15, -0.1) is 11.3 Å². The van der Waals surface area contributed by atoms with Gasteiger partial charge in [0.2, 0.25) is 5.12 Å². The van der Waals surface area contributed by atoms with Crippen molar-refractivity contribution in [3.05, 3.63) is 66.2 Å². The molecular weight excluding hydrogens is 286 g/mol. The number of para-hydroxylation sites is 1. The number of hydrogen-bond acceptors (Lipinski definition) is 4. The molecule has 3 aromatic rings. The van der Waals surface area contributed by atoms with Crippen LogP contribution in [0.25, 0.3) is 16.3 Å². The van der Waals surface area contributed by atoms with E-state index in [0.717, 1.165) is 20.1 Å². The summed E-state index contributed by atoms with van der Waals surface area (Å²) < 4.78 is 1.88. The summed E-state index contributed by atoms with van der Waals surface area (Å²) in [4.78, 5) is 16.7. The summed E-state index contributed by atoms with van der Waals surface area (Å²) in [7, 11) is 0. The Balaban J connectivity index is 1.82. The molecule has 0 atom stereocenters. The first-order chi connectivity index (χ1) is 9.76. The van der Waals surface area contributed by atoms with Gasteiger partial charge in [-0.05, 0) is 41.6 Å². The molecule has 0 unspecified atom stereocenters. The van der Waals surface area contributed by atoms with E-state index in [1.807, 2.05) is 48.5 Å². The summed E-state index contributed by atoms with van der Waals surface area (Å²) >= 11 is 2.72. The molecule has 0 saturated heterocycles. The summed E-state index contributed by atoms with van der Waals surface area (Å²) in [6, 6.07) is 15.3. The molecule has 1 heterocycles. The summed E-state index contributed by atoms with van der Waals surface area (Å²) in [5.74, 6) is 0. The van der Waals surface area contributed by atoms with Gasteiger partial charge >= 0.3 is 0 Å². The normalized spacial score (nSPS) is 10.6. The van der Waals surface area contributed by atoms with E-state index in [0.29, 0.717) is 5.56 Å². The smallest absolute Gasteiger partial charge is 0.226 e. The van der Waals surface area contributed by atoms with E-state index in [1.54, 1.807) is 17.4 Å². The lowest BCUT2D eigenvalue weighted by Gasteiger charge is -1.98. The SMILES string of the molecule is C=Cc1ccc(C(=O)Sc2nc3ccccc3s2)cc1. The number of fused-ring (bicyclic) bond motifs is 1. The van der Waals surface area contributed by atoms with E-state index in [2.05, 4.69) is 11.6 Å². The van der Waals surface area contributed by atoms with Crippen LogP contribution >= 0.6 is 23.1 Å². The van der Waals surface area contributed by atoms with Gasteiger partial charge in [-0.1, -0.05) is 36.9 Å². The predicted molar refractivity (Wildman–Crippen MR) is 86.3 cm³/mol. The molecule has 0 radical (unpaired) electrons. The van der Waals surface area contributed by atoms with E-state index >= 15 is 0 Å². The maximum Gasteiger partial charge on any atom is 0.226 e. The maximum atomic E-state index is 12.2. The van der Waals surface area contributed by atoms with Crippen LogP contribution in [-0.4, -0.2) is 10.1 Å². The first-order valence-corrected chi connectivity index (χ1v) is 7.70. The largest absolute Gasteiger partial charge is 0.281 e. The molecule has 4 heteroatoms. The summed E-state index contributed by atoms with van der Waals surface area (Å²) in [6.07, 6.45) is 1.76. The van der Waals surface area contributed by atoms with Gasteiger partial charge in [0.05, 0.1) is 10.2 Å². The van der Waals surface area contributed by atoms with Crippen LogP contribution < -0.4 is 0 Å². The average Bonchev–Trinajstić information content (AvgIpc) is 2.89. The Morgan fingerprint density at radius 2 is 1.90 bits per heavy atom. The first-order valence-electron chi connectivity index (χ1n) is 6.06. The van der Waals surface area contributed by atoms with Gasteiger partial charge in [0.1, 0.15) is 0 Å². The van der Waals surface area contributed by atoms with E-state index in [4.69, 9.17) is 0 Å². The highest BCUT2D eigenvalue weighted by molar-refractivity contribution is 8.15. The lowest BCUT2D eigenvalue weighted by atomic mass is 10.1. The highest BCUT2D eigenvalue weighted by atomic mass is 32.2. The number of carbonyl (C=O) groups excluding carboxylic acids is 1. The van der Waals surface area contributed by atoms with Crippen LogP contribution in [0.2, 0.25) is 0 Å². The quantitative estimate of drug-likeness (QED) is 0.646. The van der Waals surface area contributed by atoms with Crippen LogP contribution in [0.5, 0.6) is 0 Å². The maximum absolute atomic E-state index is 12.2. The number of nitrogens with zero attached hydrogens (tertiary/aromatic N) is 1. The Morgan fingerprint density at radius 3 is 2.60 bits per heavy atom. The minimum Gasteiger partial charge on any atom is -0.281 e. The van der Waals surface area contributed by atoms with Crippen molar-refractivity contribution >= 4 is 44.5 Å². The zero-order valence-electron chi connectivity index (χ0n) is 10.6. The Labute approximate surface area is 125 Å². The molecule has 0 aliphatic carbocycles. The molecule has 0 N–H and O–H groups in total. The van der Waals surface area contributed by atoms with E-state index in [-0.39, 0.29) is 5.12 Å². The van der Waals surface area contributed by atoms with Gasteiger partial charge in [-0.2, -0.15) is 0 Å². The Hall–Kier alpha value is -1.91. The molecule has 0 spiro atoms. The van der Waals surface area contributed by atoms with Gasteiger partial charge in [0, 0.05) is 5.56 Å². The van der Waals surface area contributed by atoms with Crippen LogP contribution in [0.3, 0.4) is 0 Å². The molecule has 1 aromatic heterocycles. The number of benzene rings is 2. The van der Waals surface area contributed by atoms with Crippen LogP contribution in [0.15, 0.2) is 59.4 Å². The zero-order chi connectivity index (χ0) is 13.9. The monoisotopic (exact) mass is 297 g/mol. The molecule has 0 amide bonds. The molecule has 20 heavy (non-hydrogen) atoms. The van der Waals surface area contributed by atoms with Crippen molar-refractivity contribution in [2.75, 3.05) is 0 Å². The van der Waals surface area contributed by atoms with Gasteiger partial charge in [0.25, 0.3) is 0 Å². The summed E-state index contributed by atoms with van der Waals surface area (Å²) in [5, 5.41) is 0.0136. The summed E-state index contributed by atoms with van der Waals surface area (Å²) in [6.45, 7) is 3.70. The third-order valence-corrected chi connectivity index (χ3v) is 4.85. The van der Waals surface area contributed by atoms with Crippen LogP contribution in [-0.2, 0) is 0 Å². The number of thioether (sulfide) groups is 1. The van der Waals surface area contributed by atoms with Crippen LogP contribution in [0.1, 0.15) is 15.9 Å². The van der Waals surface area contributed by atoms with Crippen LogP contribution in [0.4, 0.5) is 0 Å². The van der Waals surface area contributed by atoms with Crippen molar-refractivity contribution < 1.29 is 4.79 Å². The minimum atomic E-state index is 0.0136. The number of rotatable bonds is 3. The van der Waals surface area contributed by atoms with Gasteiger partial charge < -0.3 is 0 Å². The lowest BCUT2D eigenvalue weighted by Crippen LogP contribution is -1.92. The first kappa shape index (κ1) is 13.1. The summed E-state index contributed by atoms with van der Waals surface area (Å²) in [5.41, 5.74) is 2.63. The number of carbonyl (C=O) groups is 1. The van der Waals surface area contributed by atoms with Gasteiger partial charge in [-0.3, -0.25) is 4.79 Å². The van der Waals surface area contributed by atoms with Crippen molar-refractivity contribution in [1.82, 2.24) is 4.98 Å². The molecule has 3 rings (SSSR count).